The van der Waals surface area contributed by atoms with E-state index in [9.17, 15) is 23.2 Å². The number of nitrogens with one attached hydrogen (secondary N) is 2. The zero-order chi connectivity index (χ0) is 22.1. The topological polar surface area (TPSA) is 78.5 Å². The van der Waals surface area contributed by atoms with Crippen LogP contribution in [0.4, 0.5) is 13.6 Å². The summed E-state index contributed by atoms with van der Waals surface area (Å²) in [5.74, 6) is -2.93. The van der Waals surface area contributed by atoms with Crippen molar-refractivity contribution in [3.63, 3.8) is 0 Å². The average molecular weight is 415 g/mol. The van der Waals surface area contributed by atoms with Crippen molar-refractivity contribution in [3.8, 4) is 0 Å². The van der Waals surface area contributed by atoms with E-state index in [1.165, 1.54) is 6.92 Å². The first kappa shape index (κ1) is 21.4. The number of halogens is 2. The highest BCUT2D eigenvalue weighted by Crippen LogP contribution is 2.31. The summed E-state index contributed by atoms with van der Waals surface area (Å²) in [6.45, 7) is 4.62. The SMILES string of the molecule is CC[C@@H](NC(=O)CN1C(=O)N[C@](C)(c2cc(F)ccc2F)C1=O)c1ccc(C)cc1. The molecule has 0 bridgehead atoms. The van der Waals surface area contributed by atoms with Crippen molar-refractivity contribution in [3.05, 3.63) is 70.8 Å². The molecule has 2 N–H and O–H groups in total. The van der Waals surface area contributed by atoms with Crippen LogP contribution in [0.15, 0.2) is 42.5 Å². The summed E-state index contributed by atoms with van der Waals surface area (Å²) < 4.78 is 27.8. The van der Waals surface area contributed by atoms with E-state index in [1.54, 1.807) is 0 Å². The Hall–Kier alpha value is -3.29. The molecule has 1 fully saturated rings. The van der Waals surface area contributed by atoms with Crippen LogP contribution in [-0.2, 0) is 15.1 Å². The Bertz CT molecular complexity index is 994. The fourth-order valence-electron chi connectivity index (χ4n) is 3.51. The lowest BCUT2D eigenvalue weighted by atomic mass is 9.91. The van der Waals surface area contributed by atoms with Gasteiger partial charge in [-0.15, -0.1) is 0 Å². The molecule has 3 rings (SSSR count). The van der Waals surface area contributed by atoms with Gasteiger partial charge in [-0.3, -0.25) is 14.5 Å². The molecule has 2 aromatic rings. The van der Waals surface area contributed by atoms with Gasteiger partial charge in [0.15, 0.2) is 0 Å². The van der Waals surface area contributed by atoms with E-state index in [4.69, 9.17) is 0 Å². The van der Waals surface area contributed by atoms with E-state index in [0.717, 1.165) is 29.3 Å². The predicted molar refractivity (Wildman–Crippen MR) is 106 cm³/mol. The molecule has 8 heteroatoms. The summed E-state index contributed by atoms with van der Waals surface area (Å²) in [5.41, 5.74) is -0.108. The van der Waals surface area contributed by atoms with Gasteiger partial charge in [0.1, 0.15) is 23.7 Å². The van der Waals surface area contributed by atoms with E-state index in [1.807, 2.05) is 38.1 Å². The van der Waals surface area contributed by atoms with E-state index < -0.39 is 41.6 Å². The van der Waals surface area contributed by atoms with Crippen LogP contribution in [0.3, 0.4) is 0 Å². The zero-order valence-electron chi connectivity index (χ0n) is 17.0. The van der Waals surface area contributed by atoms with Gasteiger partial charge in [0.2, 0.25) is 5.91 Å². The standard InChI is InChI=1S/C22H23F2N3O3/c1-4-18(14-7-5-13(2)6-8-14)25-19(28)12-27-20(29)22(3,26-21(27)30)16-11-15(23)9-10-17(16)24/h5-11,18H,4,12H2,1-3H3,(H,25,28)(H,26,30)/t18-,22-/m1/s1. The van der Waals surface area contributed by atoms with Crippen LogP contribution >= 0.6 is 0 Å². The maximum absolute atomic E-state index is 14.2. The lowest BCUT2D eigenvalue weighted by Gasteiger charge is -2.23. The van der Waals surface area contributed by atoms with Gasteiger partial charge in [0, 0.05) is 5.56 Å². The van der Waals surface area contributed by atoms with Crippen molar-refractivity contribution in [1.29, 1.82) is 0 Å². The van der Waals surface area contributed by atoms with Gasteiger partial charge in [-0.2, -0.15) is 0 Å². The Morgan fingerprint density at radius 1 is 1.17 bits per heavy atom. The van der Waals surface area contributed by atoms with E-state index in [2.05, 4.69) is 10.6 Å². The minimum absolute atomic E-state index is 0.286. The third kappa shape index (κ3) is 4.03. The molecule has 158 valence electrons. The van der Waals surface area contributed by atoms with Gasteiger partial charge >= 0.3 is 6.03 Å². The number of imide groups is 1. The van der Waals surface area contributed by atoms with Crippen LogP contribution in [0, 0.1) is 18.6 Å². The molecule has 0 aromatic heterocycles. The molecular formula is C22H23F2N3O3. The van der Waals surface area contributed by atoms with E-state index in [0.29, 0.717) is 11.3 Å². The second-order valence-corrected chi connectivity index (χ2v) is 7.51. The summed E-state index contributed by atoms with van der Waals surface area (Å²) in [6, 6.07) is 9.21. The molecule has 1 saturated heterocycles. The molecule has 2 aromatic carbocycles. The molecule has 1 aliphatic rings. The number of hydrogen-bond acceptors (Lipinski definition) is 3. The summed E-state index contributed by atoms with van der Waals surface area (Å²) in [5, 5.41) is 5.19. The van der Waals surface area contributed by atoms with Gasteiger partial charge in [-0.1, -0.05) is 36.8 Å². The number of aryl methyl sites for hydroxylation is 1. The Balaban J connectivity index is 1.75. The monoisotopic (exact) mass is 415 g/mol. The van der Waals surface area contributed by atoms with Gasteiger partial charge in [-0.05, 0) is 44.0 Å². The number of rotatable bonds is 6. The molecule has 2 atom stereocenters. The molecule has 0 spiro atoms. The number of amides is 4. The number of carbonyl (C=O) groups is 3. The Morgan fingerprint density at radius 3 is 2.47 bits per heavy atom. The Kier molecular flexibility index (Phi) is 5.87. The number of nitrogens with zero attached hydrogens (tertiary/aromatic N) is 1. The summed E-state index contributed by atoms with van der Waals surface area (Å²) in [7, 11) is 0. The lowest BCUT2D eigenvalue weighted by Crippen LogP contribution is -2.44. The summed E-state index contributed by atoms with van der Waals surface area (Å²) in [4.78, 5) is 38.5. The second-order valence-electron chi connectivity index (χ2n) is 7.51. The molecule has 0 saturated carbocycles. The number of carbonyl (C=O) groups excluding carboxylic acids is 3. The fourth-order valence-corrected chi connectivity index (χ4v) is 3.51. The highest BCUT2D eigenvalue weighted by Gasteiger charge is 2.50. The highest BCUT2D eigenvalue weighted by atomic mass is 19.1. The van der Waals surface area contributed by atoms with Gasteiger partial charge in [-0.25, -0.2) is 13.6 Å². The summed E-state index contributed by atoms with van der Waals surface area (Å²) >= 11 is 0. The van der Waals surface area contributed by atoms with E-state index >= 15 is 0 Å². The largest absolute Gasteiger partial charge is 0.348 e. The third-order valence-electron chi connectivity index (χ3n) is 5.27. The Labute approximate surface area is 173 Å². The molecule has 0 radical (unpaired) electrons. The summed E-state index contributed by atoms with van der Waals surface area (Å²) in [6.07, 6.45) is 0.612. The van der Waals surface area contributed by atoms with Gasteiger partial charge < -0.3 is 10.6 Å². The van der Waals surface area contributed by atoms with Crippen LogP contribution in [-0.4, -0.2) is 29.3 Å². The van der Waals surface area contributed by atoms with Crippen LogP contribution in [0.25, 0.3) is 0 Å². The van der Waals surface area contributed by atoms with Crippen molar-refractivity contribution in [1.82, 2.24) is 15.5 Å². The van der Waals surface area contributed by atoms with Crippen LogP contribution < -0.4 is 10.6 Å². The van der Waals surface area contributed by atoms with Gasteiger partial charge in [0.25, 0.3) is 5.91 Å². The molecule has 0 unspecified atom stereocenters. The minimum atomic E-state index is -1.80. The van der Waals surface area contributed by atoms with Gasteiger partial charge in [0.05, 0.1) is 6.04 Å². The third-order valence-corrected chi connectivity index (χ3v) is 5.27. The van der Waals surface area contributed by atoms with Crippen molar-refractivity contribution in [2.24, 2.45) is 0 Å². The van der Waals surface area contributed by atoms with E-state index in [-0.39, 0.29) is 11.6 Å². The predicted octanol–water partition coefficient (Wildman–Crippen LogP) is 3.31. The zero-order valence-corrected chi connectivity index (χ0v) is 17.0. The molecule has 4 amide bonds. The van der Waals surface area contributed by atoms with Crippen molar-refractivity contribution in [2.75, 3.05) is 6.54 Å². The molecule has 6 nitrogen and oxygen atoms in total. The second kappa shape index (κ2) is 8.22. The molecule has 30 heavy (non-hydrogen) atoms. The maximum Gasteiger partial charge on any atom is 0.325 e. The molecule has 1 heterocycles. The molecular weight excluding hydrogens is 392 g/mol. The number of urea groups is 1. The maximum atomic E-state index is 14.2. The first-order valence-electron chi connectivity index (χ1n) is 9.61. The first-order chi connectivity index (χ1) is 14.2. The van der Waals surface area contributed by atoms with Crippen LogP contribution in [0.1, 0.15) is 43.0 Å². The smallest absolute Gasteiger partial charge is 0.325 e. The normalized spacial score (nSPS) is 19.6. The average Bonchev–Trinajstić information content (AvgIpc) is 2.92. The molecule has 1 aliphatic heterocycles. The minimum Gasteiger partial charge on any atom is -0.348 e. The van der Waals surface area contributed by atoms with Crippen molar-refractivity contribution < 1.29 is 23.2 Å². The van der Waals surface area contributed by atoms with Crippen LogP contribution in [0.5, 0.6) is 0 Å². The van der Waals surface area contributed by atoms with Crippen molar-refractivity contribution >= 4 is 17.8 Å². The first-order valence-corrected chi connectivity index (χ1v) is 9.61. The van der Waals surface area contributed by atoms with Crippen LogP contribution in [0.2, 0.25) is 0 Å². The molecule has 0 aliphatic carbocycles. The highest BCUT2D eigenvalue weighted by molar-refractivity contribution is 6.09. The lowest BCUT2D eigenvalue weighted by molar-refractivity contribution is -0.135. The number of benzene rings is 2. The fraction of sp³-hybridized carbons (Fsp3) is 0.318. The number of hydrogen-bond donors (Lipinski definition) is 2. The Morgan fingerprint density at radius 2 is 1.83 bits per heavy atom. The van der Waals surface area contributed by atoms with Crippen molar-refractivity contribution in [2.45, 2.75) is 38.8 Å². The quantitative estimate of drug-likeness (QED) is 0.711.